The monoisotopic (exact) mass is 240 g/mol. The lowest BCUT2D eigenvalue weighted by Crippen LogP contribution is -2.11. The Bertz CT molecular complexity index is 449. The van der Waals surface area contributed by atoms with Crippen LogP contribution in [0, 0.1) is 0 Å². The molecule has 2 rings (SSSR count). The molecular weight excluding hydrogens is 232 g/mol. The van der Waals surface area contributed by atoms with Crippen molar-refractivity contribution in [1.29, 1.82) is 0 Å². The van der Waals surface area contributed by atoms with Crippen molar-refractivity contribution in [3.8, 4) is 0 Å². The fourth-order valence-corrected chi connectivity index (χ4v) is 1.64. The molecule has 0 saturated carbocycles. The van der Waals surface area contributed by atoms with Crippen molar-refractivity contribution in [3.05, 3.63) is 22.7 Å². The lowest BCUT2D eigenvalue weighted by Gasteiger charge is -1.99. The van der Waals surface area contributed by atoms with Crippen molar-refractivity contribution in [2.75, 3.05) is 5.43 Å². The second-order valence-corrected chi connectivity index (χ2v) is 3.69. The Kier molecular flexibility index (Phi) is 1.97. The highest BCUT2D eigenvalue weighted by Gasteiger charge is 2.05. The summed E-state index contributed by atoms with van der Waals surface area (Å²) >= 11 is 3.40. The number of imidazole rings is 1. The molecule has 2 aromatic rings. The maximum absolute atomic E-state index is 5.31. The van der Waals surface area contributed by atoms with Crippen LogP contribution >= 0.6 is 15.9 Å². The predicted octanol–water partition coefficient (Wildman–Crippen LogP) is 1.62. The molecule has 0 saturated heterocycles. The molecule has 0 unspecified atom stereocenters. The van der Waals surface area contributed by atoms with Gasteiger partial charge in [-0.15, -0.1) is 0 Å². The van der Waals surface area contributed by atoms with Crippen molar-refractivity contribution in [1.82, 2.24) is 9.55 Å². The SMILES string of the molecule is Cn1c(NN)nc2ccc(Br)cc21. The maximum atomic E-state index is 5.31. The molecule has 13 heavy (non-hydrogen) atoms. The summed E-state index contributed by atoms with van der Waals surface area (Å²) in [5.74, 6) is 5.97. The minimum absolute atomic E-state index is 0.660. The molecule has 0 amide bonds. The Labute approximate surface area is 83.8 Å². The van der Waals surface area contributed by atoms with E-state index in [9.17, 15) is 0 Å². The molecule has 1 aromatic heterocycles. The first kappa shape index (κ1) is 8.52. The second kappa shape index (κ2) is 3.01. The molecule has 68 valence electrons. The standard InChI is InChI=1S/C8H9BrN4/c1-13-7-4-5(9)2-3-6(7)11-8(13)12-10/h2-4H,10H2,1H3,(H,11,12). The molecule has 0 fully saturated rings. The Hall–Kier alpha value is -1.07. The van der Waals surface area contributed by atoms with Crippen molar-refractivity contribution >= 4 is 32.9 Å². The van der Waals surface area contributed by atoms with Crippen LogP contribution in [0.15, 0.2) is 22.7 Å². The topological polar surface area (TPSA) is 55.9 Å². The van der Waals surface area contributed by atoms with Gasteiger partial charge in [-0.1, -0.05) is 15.9 Å². The number of anilines is 1. The largest absolute Gasteiger partial charge is 0.312 e. The summed E-state index contributed by atoms with van der Waals surface area (Å²) in [6.45, 7) is 0. The third kappa shape index (κ3) is 1.30. The van der Waals surface area contributed by atoms with Gasteiger partial charge in [0.1, 0.15) is 0 Å². The Morgan fingerprint density at radius 2 is 2.31 bits per heavy atom. The van der Waals surface area contributed by atoms with Gasteiger partial charge in [0.2, 0.25) is 5.95 Å². The Morgan fingerprint density at radius 3 is 3.00 bits per heavy atom. The Morgan fingerprint density at radius 1 is 1.54 bits per heavy atom. The first-order chi connectivity index (χ1) is 6.22. The minimum atomic E-state index is 0.660. The van der Waals surface area contributed by atoms with Crippen LogP contribution in [0.2, 0.25) is 0 Å². The normalized spacial score (nSPS) is 10.7. The van der Waals surface area contributed by atoms with Gasteiger partial charge in [-0.3, -0.25) is 5.43 Å². The molecule has 0 aliphatic rings. The summed E-state index contributed by atoms with van der Waals surface area (Å²) in [7, 11) is 1.91. The van der Waals surface area contributed by atoms with E-state index in [0.29, 0.717) is 5.95 Å². The van der Waals surface area contributed by atoms with Gasteiger partial charge >= 0.3 is 0 Å². The van der Waals surface area contributed by atoms with Crippen LogP contribution in [0.25, 0.3) is 11.0 Å². The van der Waals surface area contributed by atoms with Crippen molar-refractivity contribution in [3.63, 3.8) is 0 Å². The number of aryl methyl sites for hydroxylation is 1. The van der Waals surface area contributed by atoms with Crippen LogP contribution in [0.4, 0.5) is 5.95 Å². The molecule has 0 spiro atoms. The van der Waals surface area contributed by atoms with Gasteiger partial charge in [0, 0.05) is 11.5 Å². The number of rotatable bonds is 1. The van der Waals surface area contributed by atoms with E-state index in [0.717, 1.165) is 15.5 Å². The number of nitrogen functional groups attached to an aromatic ring is 1. The number of nitrogens with one attached hydrogen (secondary N) is 1. The predicted molar refractivity (Wildman–Crippen MR) is 56.2 cm³/mol. The van der Waals surface area contributed by atoms with Crippen LogP contribution in [-0.2, 0) is 7.05 Å². The average molecular weight is 241 g/mol. The van der Waals surface area contributed by atoms with Gasteiger partial charge in [-0.2, -0.15) is 0 Å². The fourth-order valence-electron chi connectivity index (χ4n) is 1.29. The van der Waals surface area contributed by atoms with E-state index in [4.69, 9.17) is 5.84 Å². The number of nitrogens with zero attached hydrogens (tertiary/aromatic N) is 2. The number of fused-ring (bicyclic) bond motifs is 1. The molecule has 3 N–H and O–H groups in total. The fraction of sp³-hybridized carbons (Fsp3) is 0.125. The number of nitrogens with two attached hydrogens (primary N) is 1. The summed E-state index contributed by atoms with van der Waals surface area (Å²) in [6.07, 6.45) is 0. The summed E-state index contributed by atoms with van der Waals surface area (Å²) in [5.41, 5.74) is 4.51. The molecule has 1 heterocycles. The molecule has 0 bridgehead atoms. The molecular formula is C8H9BrN4. The van der Waals surface area contributed by atoms with Gasteiger partial charge in [0.05, 0.1) is 11.0 Å². The van der Waals surface area contributed by atoms with E-state index in [1.807, 2.05) is 29.8 Å². The van der Waals surface area contributed by atoms with Crippen LogP contribution < -0.4 is 11.3 Å². The average Bonchev–Trinajstić information content (AvgIpc) is 2.44. The maximum Gasteiger partial charge on any atom is 0.218 e. The van der Waals surface area contributed by atoms with E-state index in [2.05, 4.69) is 26.3 Å². The van der Waals surface area contributed by atoms with E-state index in [1.54, 1.807) is 0 Å². The lowest BCUT2D eigenvalue weighted by atomic mass is 10.3. The molecule has 0 aliphatic carbocycles. The number of hydrogen-bond acceptors (Lipinski definition) is 3. The molecule has 0 radical (unpaired) electrons. The van der Waals surface area contributed by atoms with Gasteiger partial charge in [0.15, 0.2) is 0 Å². The van der Waals surface area contributed by atoms with Crippen LogP contribution in [-0.4, -0.2) is 9.55 Å². The van der Waals surface area contributed by atoms with E-state index in [-0.39, 0.29) is 0 Å². The van der Waals surface area contributed by atoms with Crippen molar-refractivity contribution < 1.29 is 0 Å². The first-order valence-electron chi connectivity index (χ1n) is 3.81. The van der Waals surface area contributed by atoms with Crippen LogP contribution in [0.3, 0.4) is 0 Å². The van der Waals surface area contributed by atoms with E-state index in [1.165, 1.54) is 0 Å². The minimum Gasteiger partial charge on any atom is -0.312 e. The zero-order valence-corrected chi connectivity index (χ0v) is 8.67. The van der Waals surface area contributed by atoms with Gasteiger partial charge < -0.3 is 4.57 Å². The zero-order valence-electron chi connectivity index (χ0n) is 7.08. The highest BCUT2D eigenvalue weighted by atomic mass is 79.9. The highest BCUT2D eigenvalue weighted by Crippen LogP contribution is 2.21. The van der Waals surface area contributed by atoms with E-state index >= 15 is 0 Å². The Balaban J connectivity index is 2.77. The smallest absolute Gasteiger partial charge is 0.218 e. The highest BCUT2D eigenvalue weighted by molar-refractivity contribution is 9.10. The lowest BCUT2D eigenvalue weighted by molar-refractivity contribution is 0.942. The third-order valence-electron chi connectivity index (χ3n) is 1.97. The number of hydrogen-bond donors (Lipinski definition) is 2. The molecule has 1 aromatic carbocycles. The summed E-state index contributed by atoms with van der Waals surface area (Å²) in [4.78, 5) is 4.28. The summed E-state index contributed by atoms with van der Waals surface area (Å²) in [5, 5.41) is 0. The number of hydrazine groups is 1. The summed E-state index contributed by atoms with van der Waals surface area (Å²) in [6, 6.07) is 5.90. The molecule has 5 heteroatoms. The van der Waals surface area contributed by atoms with E-state index < -0.39 is 0 Å². The second-order valence-electron chi connectivity index (χ2n) is 2.77. The number of benzene rings is 1. The van der Waals surface area contributed by atoms with Crippen molar-refractivity contribution in [2.24, 2.45) is 12.9 Å². The van der Waals surface area contributed by atoms with Crippen LogP contribution in [0.1, 0.15) is 0 Å². The zero-order chi connectivity index (χ0) is 9.42. The molecule has 0 atom stereocenters. The number of halogens is 1. The van der Waals surface area contributed by atoms with Gasteiger partial charge in [-0.05, 0) is 18.2 Å². The first-order valence-corrected chi connectivity index (χ1v) is 4.60. The summed E-state index contributed by atoms with van der Waals surface area (Å²) < 4.78 is 2.94. The number of aromatic nitrogens is 2. The molecule has 4 nitrogen and oxygen atoms in total. The third-order valence-corrected chi connectivity index (χ3v) is 2.47. The van der Waals surface area contributed by atoms with Crippen LogP contribution in [0.5, 0.6) is 0 Å². The molecule has 0 aliphatic heterocycles. The quantitative estimate of drug-likeness (QED) is 0.589. The van der Waals surface area contributed by atoms with Gasteiger partial charge in [0.25, 0.3) is 0 Å². The van der Waals surface area contributed by atoms with Gasteiger partial charge in [-0.25, -0.2) is 10.8 Å². The van der Waals surface area contributed by atoms with Crippen molar-refractivity contribution in [2.45, 2.75) is 0 Å².